The summed E-state index contributed by atoms with van der Waals surface area (Å²) in [6.45, 7) is 0.374. The summed E-state index contributed by atoms with van der Waals surface area (Å²) in [6.07, 6.45) is 0.998. The van der Waals surface area contributed by atoms with E-state index in [4.69, 9.17) is 9.15 Å². The molecule has 0 saturated heterocycles. The van der Waals surface area contributed by atoms with Crippen LogP contribution in [-0.4, -0.2) is 29.8 Å². The molecule has 0 unspecified atom stereocenters. The van der Waals surface area contributed by atoms with E-state index in [0.29, 0.717) is 42.5 Å². The smallest absolute Gasteiger partial charge is 0.247 e. The van der Waals surface area contributed by atoms with Crippen LogP contribution in [0.3, 0.4) is 0 Å². The van der Waals surface area contributed by atoms with Gasteiger partial charge in [0.1, 0.15) is 11.6 Å². The first-order chi connectivity index (χ1) is 13.2. The van der Waals surface area contributed by atoms with Crippen molar-refractivity contribution in [3.05, 3.63) is 65.8 Å². The topological polar surface area (TPSA) is 77.2 Å². The Bertz CT molecular complexity index is 911. The molecule has 0 aliphatic rings. The highest BCUT2D eigenvalue weighted by Gasteiger charge is 2.11. The molecule has 3 aromatic rings. The lowest BCUT2D eigenvalue weighted by atomic mass is 10.1. The average Bonchev–Trinajstić information content (AvgIpc) is 3.17. The van der Waals surface area contributed by atoms with Crippen LogP contribution in [0.1, 0.15) is 17.9 Å². The molecule has 1 heterocycles. The Morgan fingerprint density at radius 3 is 2.81 bits per heavy atom. The summed E-state index contributed by atoms with van der Waals surface area (Å²) in [5, 5.41) is 10.7. The summed E-state index contributed by atoms with van der Waals surface area (Å²) in [7, 11) is 1.59. The van der Waals surface area contributed by atoms with E-state index in [1.54, 1.807) is 31.4 Å². The van der Waals surface area contributed by atoms with Gasteiger partial charge in [-0.3, -0.25) is 4.79 Å². The molecule has 0 aliphatic carbocycles. The Balaban J connectivity index is 1.46. The number of methoxy groups -OCH3 is 1. The monoisotopic (exact) mass is 369 g/mol. The lowest BCUT2D eigenvalue weighted by molar-refractivity contribution is -0.121. The minimum atomic E-state index is -0.261. The van der Waals surface area contributed by atoms with E-state index < -0.39 is 0 Å². The van der Waals surface area contributed by atoms with Crippen molar-refractivity contribution in [1.29, 1.82) is 0 Å². The summed E-state index contributed by atoms with van der Waals surface area (Å²) < 4.78 is 24.3. The number of hydrogen-bond donors (Lipinski definition) is 1. The summed E-state index contributed by atoms with van der Waals surface area (Å²) in [6, 6.07) is 13.8. The molecule has 0 radical (unpaired) electrons. The number of benzene rings is 2. The Kier molecular flexibility index (Phi) is 6.14. The van der Waals surface area contributed by atoms with Gasteiger partial charge in [-0.15, -0.1) is 10.2 Å². The highest BCUT2D eigenvalue weighted by Crippen LogP contribution is 2.22. The number of nitrogens with one attached hydrogen (secondary N) is 1. The van der Waals surface area contributed by atoms with Gasteiger partial charge in [-0.05, 0) is 36.2 Å². The van der Waals surface area contributed by atoms with Crippen molar-refractivity contribution in [3.8, 4) is 17.2 Å². The molecule has 0 spiro atoms. The molecule has 3 rings (SSSR count). The maximum atomic E-state index is 13.5. The lowest BCUT2D eigenvalue weighted by Crippen LogP contribution is -2.26. The van der Waals surface area contributed by atoms with Gasteiger partial charge < -0.3 is 14.5 Å². The van der Waals surface area contributed by atoms with Crippen molar-refractivity contribution in [2.45, 2.75) is 19.3 Å². The molecule has 140 valence electrons. The van der Waals surface area contributed by atoms with Crippen LogP contribution in [0.15, 0.2) is 52.9 Å². The Labute approximate surface area is 156 Å². The van der Waals surface area contributed by atoms with E-state index in [0.717, 1.165) is 5.56 Å². The van der Waals surface area contributed by atoms with Crippen molar-refractivity contribution in [3.63, 3.8) is 0 Å². The number of carbonyl (C=O) groups is 1. The third kappa shape index (κ3) is 5.13. The predicted octanol–water partition coefficient (Wildman–Crippen LogP) is 3.18. The van der Waals surface area contributed by atoms with Crippen molar-refractivity contribution in [2.24, 2.45) is 0 Å². The van der Waals surface area contributed by atoms with Gasteiger partial charge in [-0.25, -0.2) is 4.39 Å². The largest absolute Gasteiger partial charge is 0.497 e. The normalized spacial score (nSPS) is 10.6. The number of halogens is 1. The first kappa shape index (κ1) is 18.6. The summed E-state index contributed by atoms with van der Waals surface area (Å²) >= 11 is 0. The fraction of sp³-hybridized carbons (Fsp3) is 0.250. The first-order valence-electron chi connectivity index (χ1n) is 8.62. The van der Waals surface area contributed by atoms with E-state index in [9.17, 15) is 9.18 Å². The molecule has 0 saturated carbocycles. The second kappa shape index (κ2) is 8.93. The highest BCUT2D eigenvalue weighted by molar-refractivity contribution is 5.76. The number of aromatic nitrogens is 2. The van der Waals surface area contributed by atoms with Crippen LogP contribution in [0.25, 0.3) is 11.5 Å². The minimum absolute atomic E-state index is 0.146. The molecule has 2 aromatic carbocycles. The summed E-state index contributed by atoms with van der Waals surface area (Å²) in [4.78, 5) is 11.9. The van der Waals surface area contributed by atoms with Crippen LogP contribution < -0.4 is 10.1 Å². The van der Waals surface area contributed by atoms with Gasteiger partial charge >= 0.3 is 0 Å². The van der Waals surface area contributed by atoms with E-state index in [2.05, 4.69) is 15.5 Å². The maximum absolute atomic E-state index is 13.5. The molecule has 0 bridgehead atoms. The van der Waals surface area contributed by atoms with Crippen LogP contribution in [0.5, 0.6) is 5.75 Å². The molecule has 7 heteroatoms. The Morgan fingerprint density at radius 2 is 2.00 bits per heavy atom. The van der Waals surface area contributed by atoms with Gasteiger partial charge in [0.25, 0.3) is 0 Å². The SMILES string of the molecule is COc1cccc(-c2nnc(CCC(=O)NCCc3ccccc3F)o2)c1. The average molecular weight is 369 g/mol. The number of hydrogen-bond acceptors (Lipinski definition) is 5. The van der Waals surface area contributed by atoms with Crippen molar-refractivity contribution < 1.29 is 18.3 Å². The number of amides is 1. The number of carbonyl (C=O) groups excluding carboxylic acids is 1. The first-order valence-corrected chi connectivity index (χ1v) is 8.62. The quantitative estimate of drug-likeness (QED) is 0.660. The summed E-state index contributed by atoms with van der Waals surface area (Å²) in [5.41, 5.74) is 1.33. The van der Waals surface area contributed by atoms with Crippen molar-refractivity contribution >= 4 is 5.91 Å². The molecule has 0 fully saturated rings. The predicted molar refractivity (Wildman–Crippen MR) is 97.7 cm³/mol. The molecular formula is C20H20FN3O3. The van der Waals surface area contributed by atoms with Crippen LogP contribution >= 0.6 is 0 Å². The van der Waals surface area contributed by atoms with Gasteiger partial charge in [-0.2, -0.15) is 0 Å². The third-order valence-corrected chi connectivity index (χ3v) is 4.02. The molecule has 0 aliphatic heterocycles. The van der Waals surface area contributed by atoms with Crippen LogP contribution in [0.2, 0.25) is 0 Å². The lowest BCUT2D eigenvalue weighted by Gasteiger charge is -2.05. The van der Waals surface area contributed by atoms with E-state index in [1.165, 1.54) is 6.07 Å². The number of aryl methyl sites for hydroxylation is 1. The van der Waals surface area contributed by atoms with E-state index >= 15 is 0 Å². The zero-order chi connectivity index (χ0) is 19.1. The fourth-order valence-electron chi connectivity index (χ4n) is 2.57. The van der Waals surface area contributed by atoms with Crippen LogP contribution in [0, 0.1) is 5.82 Å². The molecular weight excluding hydrogens is 349 g/mol. The molecule has 0 atom stereocenters. The Morgan fingerprint density at radius 1 is 1.15 bits per heavy atom. The maximum Gasteiger partial charge on any atom is 0.247 e. The van der Waals surface area contributed by atoms with E-state index in [1.807, 2.05) is 18.2 Å². The number of ether oxygens (including phenoxy) is 1. The Hall–Kier alpha value is -3.22. The summed E-state index contributed by atoms with van der Waals surface area (Å²) in [5.74, 6) is 1.05. The third-order valence-electron chi connectivity index (χ3n) is 4.02. The minimum Gasteiger partial charge on any atom is -0.497 e. The van der Waals surface area contributed by atoms with Gasteiger partial charge in [0, 0.05) is 24.9 Å². The van der Waals surface area contributed by atoms with Crippen LogP contribution in [0.4, 0.5) is 4.39 Å². The molecule has 1 aromatic heterocycles. The van der Waals surface area contributed by atoms with Gasteiger partial charge in [0.15, 0.2) is 0 Å². The van der Waals surface area contributed by atoms with Crippen LogP contribution in [-0.2, 0) is 17.6 Å². The number of rotatable bonds is 8. The number of nitrogens with zero attached hydrogens (tertiary/aromatic N) is 2. The second-order valence-electron chi connectivity index (χ2n) is 5.92. The van der Waals surface area contributed by atoms with Gasteiger partial charge in [0.2, 0.25) is 17.7 Å². The van der Waals surface area contributed by atoms with Crippen molar-refractivity contribution in [1.82, 2.24) is 15.5 Å². The second-order valence-corrected chi connectivity index (χ2v) is 5.92. The van der Waals surface area contributed by atoms with Gasteiger partial charge in [0.05, 0.1) is 7.11 Å². The standard InChI is InChI=1S/C20H20FN3O3/c1-26-16-7-4-6-15(13-16)20-24-23-19(27-20)10-9-18(25)22-12-11-14-5-2-3-8-17(14)21/h2-8,13H,9-12H2,1H3,(H,22,25). The van der Waals surface area contributed by atoms with E-state index in [-0.39, 0.29) is 18.1 Å². The zero-order valence-corrected chi connectivity index (χ0v) is 14.9. The molecule has 6 nitrogen and oxygen atoms in total. The molecule has 1 amide bonds. The molecule has 27 heavy (non-hydrogen) atoms. The fourth-order valence-corrected chi connectivity index (χ4v) is 2.57. The van der Waals surface area contributed by atoms with Gasteiger partial charge in [-0.1, -0.05) is 24.3 Å². The zero-order valence-electron chi connectivity index (χ0n) is 14.9. The molecule has 1 N–H and O–H groups in total. The highest BCUT2D eigenvalue weighted by atomic mass is 19.1. The van der Waals surface area contributed by atoms with Crippen molar-refractivity contribution in [2.75, 3.05) is 13.7 Å².